The van der Waals surface area contributed by atoms with Gasteiger partial charge in [-0.15, -0.1) is 0 Å². The van der Waals surface area contributed by atoms with Gasteiger partial charge in [-0.05, 0) is 12.3 Å². The van der Waals surface area contributed by atoms with Gasteiger partial charge in [-0.3, -0.25) is 0 Å². The van der Waals surface area contributed by atoms with E-state index in [0.29, 0.717) is 5.92 Å². The van der Waals surface area contributed by atoms with Crippen molar-refractivity contribution in [1.29, 1.82) is 0 Å². The minimum Gasteiger partial charge on any atom is -0.369 e. The fraction of sp³-hybridized carbons (Fsp3) is 0.600. The van der Waals surface area contributed by atoms with E-state index in [4.69, 9.17) is 0 Å². The molecule has 1 rings (SSSR count). The molecule has 1 aromatic rings. The van der Waals surface area contributed by atoms with Gasteiger partial charge in [0.25, 0.3) is 0 Å². The van der Waals surface area contributed by atoms with Gasteiger partial charge in [0.05, 0.1) is 0 Å². The Balaban J connectivity index is 2.68. The fourth-order valence-corrected chi connectivity index (χ4v) is 1.32. The van der Waals surface area contributed by atoms with Crippen LogP contribution in [0.15, 0.2) is 12.4 Å². The zero-order chi connectivity index (χ0) is 10.4. The van der Waals surface area contributed by atoms with Crippen LogP contribution in [0.4, 0.5) is 5.82 Å². The van der Waals surface area contributed by atoms with Crippen LogP contribution in [0.3, 0.4) is 0 Å². The summed E-state index contributed by atoms with van der Waals surface area (Å²) in [6.07, 6.45) is 2.73. The lowest BCUT2D eigenvalue weighted by atomic mass is 10.1. The predicted molar refractivity (Wildman–Crippen MR) is 63.0 cm³/mol. The summed E-state index contributed by atoms with van der Waals surface area (Å²) < 4.78 is 0. The van der Waals surface area contributed by atoms with Crippen LogP contribution in [0.2, 0.25) is 0 Å². The Morgan fingerprint density at radius 1 is 1.50 bits per heavy atom. The van der Waals surface area contributed by atoms with Crippen LogP contribution in [0, 0.1) is 0 Å². The molecule has 4 heteroatoms. The largest absolute Gasteiger partial charge is 0.369 e. The monoisotopic (exact) mass is 257 g/mol. The first kappa shape index (κ1) is 11.4. The molecule has 78 valence electrons. The Morgan fingerprint density at radius 3 is 2.93 bits per heavy atom. The zero-order valence-electron chi connectivity index (χ0n) is 8.63. The Morgan fingerprint density at radius 2 is 2.29 bits per heavy atom. The van der Waals surface area contributed by atoms with Crippen molar-refractivity contribution in [3.63, 3.8) is 0 Å². The Labute approximate surface area is 93.5 Å². The number of anilines is 1. The molecule has 0 saturated carbocycles. The first-order valence-electron chi connectivity index (χ1n) is 4.89. The number of hydrogen-bond donors (Lipinski definition) is 1. The van der Waals surface area contributed by atoms with Crippen LogP contribution in [0.25, 0.3) is 0 Å². The van der Waals surface area contributed by atoms with Gasteiger partial charge in [-0.1, -0.05) is 29.8 Å². The van der Waals surface area contributed by atoms with Crippen molar-refractivity contribution in [2.45, 2.75) is 26.2 Å². The van der Waals surface area contributed by atoms with Gasteiger partial charge in [0, 0.05) is 23.6 Å². The molecule has 0 aliphatic rings. The highest BCUT2D eigenvalue weighted by molar-refractivity contribution is 9.09. The minimum absolute atomic E-state index is 0.502. The summed E-state index contributed by atoms with van der Waals surface area (Å²) >= 11 is 3.36. The molecule has 0 aliphatic heterocycles. The van der Waals surface area contributed by atoms with Crippen LogP contribution < -0.4 is 5.32 Å². The van der Waals surface area contributed by atoms with E-state index >= 15 is 0 Å². The molecule has 3 nitrogen and oxygen atoms in total. The second-order valence-electron chi connectivity index (χ2n) is 3.25. The molecule has 1 aromatic heterocycles. The smallest absolute Gasteiger partial charge is 0.129 e. The fourth-order valence-electron chi connectivity index (χ4n) is 1.12. The molecule has 0 amide bonds. The standard InChI is InChI=1S/C10H16BrN3/c1-3-8(2)9-6-10(12-5-4-11)14-7-13-9/h6-8H,3-5H2,1-2H3,(H,12,13,14). The first-order valence-corrected chi connectivity index (χ1v) is 6.01. The van der Waals surface area contributed by atoms with Crippen LogP contribution in [-0.4, -0.2) is 21.8 Å². The van der Waals surface area contributed by atoms with Gasteiger partial charge in [-0.25, -0.2) is 9.97 Å². The number of hydrogen-bond acceptors (Lipinski definition) is 3. The molecule has 14 heavy (non-hydrogen) atoms. The summed E-state index contributed by atoms with van der Waals surface area (Å²) in [7, 11) is 0. The van der Waals surface area contributed by atoms with E-state index in [0.717, 1.165) is 29.8 Å². The minimum atomic E-state index is 0.502. The predicted octanol–water partition coefficient (Wildman–Crippen LogP) is 2.80. The van der Waals surface area contributed by atoms with Crippen LogP contribution in [0.5, 0.6) is 0 Å². The number of nitrogens with zero attached hydrogens (tertiary/aromatic N) is 2. The molecule has 0 aliphatic carbocycles. The van der Waals surface area contributed by atoms with Gasteiger partial charge in [-0.2, -0.15) is 0 Å². The van der Waals surface area contributed by atoms with Gasteiger partial charge >= 0.3 is 0 Å². The van der Waals surface area contributed by atoms with Crippen molar-refractivity contribution < 1.29 is 0 Å². The third-order valence-corrected chi connectivity index (χ3v) is 2.60. The summed E-state index contributed by atoms with van der Waals surface area (Å²) in [4.78, 5) is 8.41. The number of rotatable bonds is 5. The molecule has 0 fully saturated rings. The summed E-state index contributed by atoms with van der Waals surface area (Å²) in [6.45, 7) is 5.23. The van der Waals surface area contributed by atoms with E-state index in [1.54, 1.807) is 6.33 Å². The van der Waals surface area contributed by atoms with E-state index < -0.39 is 0 Å². The van der Waals surface area contributed by atoms with Gasteiger partial charge < -0.3 is 5.32 Å². The SMILES string of the molecule is CCC(C)c1cc(NCCBr)ncn1. The average Bonchev–Trinajstić information content (AvgIpc) is 2.25. The van der Waals surface area contributed by atoms with Crippen molar-refractivity contribution >= 4 is 21.7 Å². The average molecular weight is 258 g/mol. The number of alkyl halides is 1. The summed E-state index contributed by atoms with van der Waals surface area (Å²) in [6, 6.07) is 2.02. The van der Waals surface area contributed by atoms with E-state index in [-0.39, 0.29) is 0 Å². The van der Waals surface area contributed by atoms with Gasteiger partial charge in [0.2, 0.25) is 0 Å². The van der Waals surface area contributed by atoms with Crippen LogP contribution in [0.1, 0.15) is 31.9 Å². The maximum atomic E-state index is 4.26. The molecule has 0 spiro atoms. The molecular weight excluding hydrogens is 242 g/mol. The van der Waals surface area contributed by atoms with Crippen molar-refractivity contribution in [2.24, 2.45) is 0 Å². The third-order valence-electron chi connectivity index (χ3n) is 2.21. The normalized spacial score (nSPS) is 12.5. The summed E-state index contributed by atoms with van der Waals surface area (Å²) in [5.41, 5.74) is 1.11. The van der Waals surface area contributed by atoms with Crippen molar-refractivity contribution in [3.05, 3.63) is 18.1 Å². The Kier molecular flexibility index (Phi) is 4.87. The molecule has 0 saturated heterocycles. The van der Waals surface area contributed by atoms with Crippen molar-refractivity contribution in [2.75, 3.05) is 17.2 Å². The lowest BCUT2D eigenvalue weighted by Crippen LogP contribution is -2.06. The van der Waals surface area contributed by atoms with Crippen LogP contribution in [-0.2, 0) is 0 Å². The number of nitrogens with one attached hydrogen (secondary N) is 1. The highest BCUT2D eigenvalue weighted by atomic mass is 79.9. The molecule has 1 unspecified atom stereocenters. The molecule has 1 atom stereocenters. The van der Waals surface area contributed by atoms with E-state index in [2.05, 4.69) is 45.1 Å². The van der Waals surface area contributed by atoms with E-state index in [1.165, 1.54) is 0 Å². The van der Waals surface area contributed by atoms with Crippen molar-refractivity contribution in [1.82, 2.24) is 9.97 Å². The maximum absolute atomic E-state index is 4.26. The van der Waals surface area contributed by atoms with E-state index in [1.807, 2.05) is 6.07 Å². The second kappa shape index (κ2) is 5.96. The topological polar surface area (TPSA) is 37.8 Å². The second-order valence-corrected chi connectivity index (χ2v) is 4.05. The number of halogens is 1. The van der Waals surface area contributed by atoms with Crippen molar-refractivity contribution in [3.8, 4) is 0 Å². The molecular formula is C10H16BrN3. The molecule has 0 bridgehead atoms. The molecule has 1 N–H and O–H groups in total. The molecule has 0 radical (unpaired) electrons. The maximum Gasteiger partial charge on any atom is 0.129 e. The molecule has 1 heterocycles. The third kappa shape index (κ3) is 3.25. The summed E-state index contributed by atoms with van der Waals surface area (Å²) in [5, 5.41) is 4.14. The lowest BCUT2D eigenvalue weighted by molar-refractivity contribution is 0.705. The molecule has 0 aromatic carbocycles. The van der Waals surface area contributed by atoms with Gasteiger partial charge in [0.15, 0.2) is 0 Å². The Bertz CT molecular complexity index is 278. The highest BCUT2D eigenvalue weighted by Gasteiger charge is 2.05. The van der Waals surface area contributed by atoms with Crippen LogP contribution >= 0.6 is 15.9 Å². The zero-order valence-corrected chi connectivity index (χ0v) is 10.2. The Hall–Kier alpha value is -0.640. The lowest BCUT2D eigenvalue weighted by Gasteiger charge is -2.09. The summed E-state index contributed by atoms with van der Waals surface area (Å²) in [5.74, 6) is 1.41. The highest BCUT2D eigenvalue weighted by Crippen LogP contribution is 2.17. The number of aromatic nitrogens is 2. The van der Waals surface area contributed by atoms with Gasteiger partial charge in [0.1, 0.15) is 12.1 Å². The first-order chi connectivity index (χ1) is 6.77. The van der Waals surface area contributed by atoms with E-state index in [9.17, 15) is 0 Å². The quantitative estimate of drug-likeness (QED) is 0.825.